The molecule has 0 radical (unpaired) electrons. The lowest BCUT2D eigenvalue weighted by Gasteiger charge is -2.16. The number of rotatable bonds is 9. The van der Waals surface area contributed by atoms with E-state index in [0.29, 0.717) is 30.5 Å². The predicted octanol–water partition coefficient (Wildman–Crippen LogP) is 5.77. The molecular weight excluding hydrogens is 440 g/mol. The molecule has 0 amide bonds. The summed E-state index contributed by atoms with van der Waals surface area (Å²) in [6, 6.07) is 15.6. The maximum atomic E-state index is 6.22. The molecule has 1 aromatic heterocycles. The smallest absolute Gasteiger partial charge is 0.162 e. The Balaban J connectivity index is 1.69. The Hall–Kier alpha value is -2.08. The van der Waals surface area contributed by atoms with Crippen LogP contribution in [0.15, 0.2) is 65.4 Å². The molecule has 0 saturated carbocycles. The van der Waals surface area contributed by atoms with Crippen LogP contribution in [-0.2, 0) is 19.7 Å². The van der Waals surface area contributed by atoms with Crippen molar-refractivity contribution in [3.63, 3.8) is 0 Å². The number of hydrogen-bond acceptors (Lipinski definition) is 4. The fraction of sp³-hybridized carbons (Fsp3) is 0.227. The second-order valence-electron chi connectivity index (χ2n) is 6.17. The Kier molecular flexibility index (Phi) is 7.71. The number of ether oxygens (including phenoxy) is 2. The Bertz CT molecular complexity index is 906. The number of aromatic nitrogens is 1. The average molecular weight is 462 g/mol. The number of nitrogens with zero attached hydrogens (tertiary/aromatic N) is 1. The molecule has 0 spiro atoms. The highest BCUT2D eigenvalue weighted by molar-refractivity contribution is 9.10. The van der Waals surface area contributed by atoms with Gasteiger partial charge < -0.3 is 14.8 Å². The molecule has 0 bridgehead atoms. The molecule has 1 heterocycles. The first kappa shape index (κ1) is 20.6. The van der Waals surface area contributed by atoms with Gasteiger partial charge in [-0.15, -0.1) is 0 Å². The van der Waals surface area contributed by atoms with E-state index in [4.69, 9.17) is 21.1 Å². The molecule has 2 aromatic carbocycles. The fourth-order valence-corrected chi connectivity index (χ4v) is 3.36. The van der Waals surface area contributed by atoms with Crippen molar-refractivity contribution in [2.75, 3.05) is 6.61 Å². The number of nitrogens with one attached hydrogen (secondary N) is 1. The van der Waals surface area contributed by atoms with E-state index in [1.54, 1.807) is 6.20 Å². The van der Waals surface area contributed by atoms with Gasteiger partial charge in [-0.2, -0.15) is 0 Å². The maximum absolute atomic E-state index is 6.22. The van der Waals surface area contributed by atoms with Crippen LogP contribution in [0.25, 0.3) is 0 Å². The van der Waals surface area contributed by atoms with Crippen LogP contribution in [0.5, 0.6) is 11.5 Å². The lowest BCUT2D eigenvalue weighted by molar-refractivity contribution is 0.269. The van der Waals surface area contributed by atoms with Gasteiger partial charge >= 0.3 is 0 Å². The molecule has 0 unspecified atom stereocenters. The van der Waals surface area contributed by atoms with E-state index in [1.165, 1.54) is 0 Å². The first-order valence-corrected chi connectivity index (χ1v) is 10.3. The topological polar surface area (TPSA) is 43.4 Å². The van der Waals surface area contributed by atoms with Crippen LogP contribution in [0, 0.1) is 0 Å². The van der Waals surface area contributed by atoms with Gasteiger partial charge in [0.05, 0.1) is 6.61 Å². The fourth-order valence-electron chi connectivity index (χ4n) is 2.71. The zero-order valence-electron chi connectivity index (χ0n) is 15.6. The maximum Gasteiger partial charge on any atom is 0.162 e. The summed E-state index contributed by atoms with van der Waals surface area (Å²) >= 11 is 9.87. The highest BCUT2D eigenvalue weighted by Crippen LogP contribution is 2.35. The van der Waals surface area contributed by atoms with Crippen LogP contribution < -0.4 is 14.8 Å². The minimum Gasteiger partial charge on any atom is -0.490 e. The van der Waals surface area contributed by atoms with E-state index in [2.05, 4.69) is 26.2 Å². The van der Waals surface area contributed by atoms with Crippen molar-refractivity contribution in [1.29, 1.82) is 0 Å². The molecule has 0 aliphatic rings. The standard InChI is InChI=1S/C22H22BrClN2O2/c1-2-27-21-10-18(14-26-13-16-6-5-9-25-12-16)19(23)11-22(21)28-15-17-7-3-4-8-20(17)24/h3-12,26H,2,13-15H2,1H3. The highest BCUT2D eigenvalue weighted by atomic mass is 79.9. The molecule has 0 fully saturated rings. The van der Waals surface area contributed by atoms with Gasteiger partial charge in [0.2, 0.25) is 0 Å². The summed E-state index contributed by atoms with van der Waals surface area (Å²) in [5.41, 5.74) is 3.17. The lowest BCUT2D eigenvalue weighted by atomic mass is 10.2. The van der Waals surface area contributed by atoms with E-state index >= 15 is 0 Å². The van der Waals surface area contributed by atoms with Gasteiger partial charge in [0.25, 0.3) is 0 Å². The van der Waals surface area contributed by atoms with Crippen molar-refractivity contribution >= 4 is 27.5 Å². The molecular formula is C22H22BrClN2O2. The number of halogens is 2. The number of pyridine rings is 1. The van der Waals surface area contributed by atoms with E-state index in [9.17, 15) is 0 Å². The van der Waals surface area contributed by atoms with Crippen LogP contribution in [0.3, 0.4) is 0 Å². The summed E-state index contributed by atoms with van der Waals surface area (Å²) in [6.07, 6.45) is 3.63. The summed E-state index contributed by atoms with van der Waals surface area (Å²) < 4.78 is 12.8. The molecule has 28 heavy (non-hydrogen) atoms. The van der Waals surface area contributed by atoms with Gasteiger partial charge in [-0.3, -0.25) is 4.98 Å². The molecule has 3 rings (SSSR count). The Morgan fingerprint density at radius 3 is 2.57 bits per heavy atom. The van der Waals surface area contributed by atoms with Crippen molar-refractivity contribution in [2.24, 2.45) is 0 Å². The first-order chi connectivity index (χ1) is 13.7. The van der Waals surface area contributed by atoms with Gasteiger partial charge in [-0.05, 0) is 42.3 Å². The average Bonchev–Trinajstić information content (AvgIpc) is 2.71. The number of hydrogen-bond donors (Lipinski definition) is 1. The highest BCUT2D eigenvalue weighted by Gasteiger charge is 2.12. The molecule has 0 aliphatic heterocycles. The molecule has 6 heteroatoms. The first-order valence-electron chi connectivity index (χ1n) is 9.08. The van der Waals surface area contributed by atoms with Crippen LogP contribution in [-0.4, -0.2) is 11.6 Å². The van der Waals surface area contributed by atoms with Gasteiger partial charge in [0.15, 0.2) is 11.5 Å². The third kappa shape index (κ3) is 5.71. The summed E-state index contributed by atoms with van der Waals surface area (Å²) in [5, 5.41) is 4.12. The Labute approximate surface area is 179 Å². The summed E-state index contributed by atoms with van der Waals surface area (Å²) in [7, 11) is 0. The van der Waals surface area contributed by atoms with Gasteiger partial charge in [-0.1, -0.05) is 51.8 Å². The third-order valence-electron chi connectivity index (χ3n) is 4.12. The van der Waals surface area contributed by atoms with Gasteiger partial charge in [0, 0.05) is 40.5 Å². The molecule has 0 aliphatic carbocycles. The van der Waals surface area contributed by atoms with Gasteiger partial charge in [0.1, 0.15) is 6.61 Å². The third-order valence-corrected chi connectivity index (χ3v) is 5.23. The largest absolute Gasteiger partial charge is 0.490 e. The SMILES string of the molecule is CCOc1cc(CNCc2cccnc2)c(Br)cc1OCc1ccccc1Cl. The normalized spacial score (nSPS) is 10.7. The minimum absolute atomic E-state index is 0.380. The predicted molar refractivity (Wildman–Crippen MR) is 116 cm³/mol. The van der Waals surface area contributed by atoms with E-state index < -0.39 is 0 Å². The quantitative estimate of drug-likeness (QED) is 0.440. The number of benzene rings is 2. The van der Waals surface area contributed by atoms with Crippen molar-refractivity contribution < 1.29 is 9.47 Å². The molecule has 1 N–H and O–H groups in total. The second kappa shape index (κ2) is 10.5. The van der Waals surface area contributed by atoms with Crippen LogP contribution in [0.2, 0.25) is 5.02 Å². The van der Waals surface area contributed by atoms with Crippen molar-refractivity contribution in [2.45, 2.75) is 26.6 Å². The summed E-state index contributed by atoms with van der Waals surface area (Å²) in [5.74, 6) is 1.40. The van der Waals surface area contributed by atoms with E-state index in [0.717, 1.165) is 33.5 Å². The summed E-state index contributed by atoms with van der Waals surface area (Å²) in [4.78, 5) is 4.13. The van der Waals surface area contributed by atoms with Crippen LogP contribution in [0.4, 0.5) is 0 Å². The van der Waals surface area contributed by atoms with Crippen LogP contribution in [0.1, 0.15) is 23.6 Å². The molecule has 4 nitrogen and oxygen atoms in total. The molecule has 146 valence electrons. The molecule has 3 aromatic rings. The lowest BCUT2D eigenvalue weighted by Crippen LogP contribution is -2.13. The second-order valence-corrected chi connectivity index (χ2v) is 7.43. The van der Waals surface area contributed by atoms with E-state index in [-0.39, 0.29) is 0 Å². The summed E-state index contributed by atoms with van der Waals surface area (Å²) in [6.45, 7) is 4.34. The van der Waals surface area contributed by atoms with Crippen molar-refractivity contribution in [1.82, 2.24) is 10.3 Å². The minimum atomic E-state index is 0.380. The molecule has 0 saturated heterocycles. The van der Waals surface area contributed by atoms with Crippen LogP contribution >= 0.6 is 27.5 Å². The van der Waals surface area contributed by atoms with Gasteiger partial charge in [-0.25, -0.2) is 0 Å². The zero-order chi connectivity index (χ0) is 19.8. The molecule has 0 atom stereocenters. The van der Waals surface area contributed by atoms with E-state index in [1.807, 2.05) is 61.7 Å². The Morgan fingerprint density at radius 1 is 1.00 bits per heavy atom. The monoisotopic (exact) mass is 460 g/mol. The zero-order valence-corrected chi connectivity index (χ0v) is 18.0. The Morgan fingerprint density at radius 2 is 1.82 bits per heavy atom. The van der Waals surface area contributed by atoms with Crippen molar-refractivity contribution in [3.05, 3.63) is 87.1 Å². The van der Waals surface area contributed by atoms with Crippen molar-refractivity contribution in [3.8, 4) is 11.5 Å².